The highest BCUT2D eigenvalue weighted by molar-refractivity contribution is 7.99. The first-order valence-electron chi connectivity index (χ1n) is 9.64. The van der Waals surface area contributed by atoms with Crippen molar-refractivity contribution in [2.75, 3.05) is 5.75 Å². The summed E-state index contributed by atoms with van der Waals surface area (Å²) < 4.78 is 2.22. The number of benzene rings is 1. The van der Waals surface area contributed by atoms with Crippen molar-refractivity contribution in [3.05, 3.63) is 30.5 Å². The van der Waals surface area contributed by atoms with Gasteiger partial charge in [-0.15, -0.1) is 10.2 Å². The van der Waals surface area contributed by atoms with Crippen LogP contribution in [0.25, 0.3) is 22.3 Å². The van der Waals surface area contributed by atoms with Gasteiger partial charge in [0.15, 0.2) is 11.0 Å². The van der Waals surface area contributed by atoms with Crippen molar-refractivity contribution < 1.29 is 4.79 Å². The van der Waals surface area contributed by atoms with Crippen LogP contribution in [0.3, 0.4) is 0 Å². The van der Waals surface area contributed by atoms with E-state index < -0.39 is 0 Å². The molecule has 2 fully saturated rings. The zero-order chi connectivity index (χ0) is 18.4. The number of nitrogens with zero attached hydrogens (tertiary/aromatic N) is 3. The molecule has 2 heterocycles. The fourth-order valence-electron chi connectivity index (χ4n) is 3.62. The van der Waals surface area contributed by atoms with Gasteiger partial charge in [0.1, 0.15) is 0 Å². The third-order valence-corrected chi connectivity index (χ3v) is 6.40. The van der Waals surface area contributed by atoms with Gasteiger partial charge in [0.2, 0.25) is 5.91 Å². The predicted octanol–water partition coefficient (Wildman–Crippen LogP) is 3.77. The van der Waals surface area contributed by atoms with Crippen molar-refractivity contribution in [2.45, 2.75) is 49.8 Å². The molecule has 0 unspecified atom stereocenters. The molecule has 2 N–H and O–H groups in total. The maximum Gasteiger partial charge on any atom is 0.230 e. The van der Waals surface area contributed by atoms with Crippen LogP contribution in [0.2, 0.25) is 0 Å². The van der Waals surface area contributed by atoms with Gasteiger partial charge in [-0.3, -0.25) is 9.36 Å². The Kier molecular flexibility index (Phi) is 4.19. The van der Waals surface area contributed by atoms with Crippen molar-refractivity contribution in [3.63, 3.8) is 0 Å². The molecular weight excluding hydrogens is 358 g/mol. The number of thioether (sulfide) groups is 1. The molecule has 2 aromatic heterocycles. The summed E-state index contributed by atoms with van der Waals surface area (Å²) in [6.45, 7) is 2.10. The zero-order valence-corrected chi connectivity index (χ0v) is 16.1. The van der Waals surface area contributed by atoms with E-state index in [9.17, 15) is 4.79 Å². The molecule has 3 aromatic rings. The smallest absolute Gasteiger partial charge is 0.230 e. The van der Waals surface area contributed by atoms with E-state index in [1.807, 2.05) is 18.3 Å². The molecule has 0 aliphatic heterocycles. The fourth-order valence-corrected chi connectivity index (χ4v) is 4.43. The highest BCUT2D eigenvalue weighted by Gasteiger charge is 2.32. The number of H-pyrrole nitrogens is 1. The van der Waals surface area contributed by atoms with E-state index in [4.69, 9.17) is 0 Å². The summed E-state index contributed by atoms with van der Waals surface area (Å²) in [4.78, 5) is 15.6. The Morgan fingerprint density at radius 1 is 1.30 bits per heavy atom. The van der Waals surface area contributed by atoms with Crippen LogP contribution in [-0.4, -0.2) is 37.5 Å². The first-order valence-corrected chi connectivity index (χ1v) is 10.6. The molecule has 2 aliphatic carbocycles. The van der Waals surface area contributed by atoms with E-state index in [0.29, 0.717) is 17.7 Å². The average Bonchev–Trinajstić information content (AvgIpc) is 3.60. The van der Waals surface area contributed by atoms with Gasteiger partial charge in [0.25, 0.3) is 0 Å². The summed E-state index contributed by atoms with van der Waals surface area (Å²) in [7, 11) is 0. The molecule has 0 saturated heterocycles. The Morgan fingerprint density at radius 2 is 2.11 bits per heavy atom. The number of hydrogen-bond donors (Lipinski definition) is 2. The predicted molar refractivity (Wildman–Crippen MR) is 107 cm³/mol. The van der Waals surface area contributed by atoms with Crippen LogP contribution in [0.4, 0.5) is 0 Å². The standard InChI is InChI=1S/C20H23N5OS/c1-12(13-6-7-13)22-18(26)11-27-20-24-23-19(25(20)14-8-9-14)16-10-21-17-5-3-2-4-15(16)17/h2-5,10,12-14,21H,6-9,11H2,1H3,(H,22,26)/t12-/m0/s1. The molecule has 6 nitrogen and oxygen atoms in total. The third kappa shape index (κ3) is 3.36. The minimum Gasteiger partial charge on any atom is -0.360 e. The van der Waals surface area contributed by atoms with Crippen LogP contribution in [0.5, 0.6) is 0 Å². The number of nitrogens with one attached hydrogen (secondary N) is 2. The van der Waals surface area contributed by atoms with Crippen LogP contribution in [0, 0.1) is 5.92 Å². The largest absolute Gasteiger partial charge is 0.360 e. The molecule has 7 heteroatoms. The lowest BCUT2D eigenvalue weighted by atomic mass is 10.1. The average molecular weight is 382 g/mol. The number of aromatic nitrogens is 4. The Bertz CT molecular complexity index is 985. The van der Waals surface area contributed by atoms with Crippen LogP contribution >= 0.6 is 11.8 Å². The lowest BCUT2D eigenvalue weighted by Gasteiger charge is -2.12. The van der Waals surface area contributed by atoms with Crippen molar-refractivity contribution in [1.82, 2.24) is 25.1 Å². The van der Waals surface area contributed by atoms with Crippen molar-refractivity contribution in [3.8, 4) is 11.4 Å². The minimum atomic E-state index is 0.0818. The Morgan fingerprint density at radius 3 is 2.89 bits per heavy atom. The number of para-hydroxylation sites is 1. The van der Waals surface area contributed by atoms with Crippen molar-refractivity contribution in [1.29, 1.82) is 0 Å². The zero-order valence-electron chi connectivity index (χ0n) is 15.3. The van der Waals surface area contributed by atoms with Gasteiger partial charge in [-0.05, 0) is 44.6 Å². The monoisotopic (exact) mass is 381 g/mol. The highest BCUT2D eigenvalue weighted by Crippen LogP contribution is 2.42. The van der Waals surface area contributed by atoms with Crippen LogP contribution in [-0.2, 0) is 4.79 Å². The summed E-state index contributed by atoms with van der Waals surface area (Å²) in [5, 5.41) is 14.0. The van der Waals surface area contributed by atoms with E-state index in [2.05, 4.69) is 44.1 Å². The SMILES string of the molecule is C[C@H](NC(=O)CSc1nnc(-c2c[nH]c3ccccc23)n1C1CC1)C1CC1. The van der Waals surface area contributed by atoms with Crippen LogP contribution < -0.4 is 5.32 Å². The molecule has 140 valence electrons. The number of carbonyl (C=O) groups excluding carboxylic acids is 1. The molecule has 1 atom stereocenters. The van der Waals surface area contributed by atoms with Crippen LogP contribution in [0.1, 0.15) is 38.6 Å². The van der Waals surface area contributed by atoms with Crippen molar-refractivity contribution in [2.24, 2.45) is 5.92 Å². The van der Waals surface area contributed by atoms with E-state index in [-0.39, 0.29) is 11.9 Å². The maximum absolute atomic E-state index is 12.3. The van der Waals surface area contributed by atoms with E-state index in [0.717, 1.165) is 40.3 Å². The van der Waals surface area contributed by atoms with Gasteiger partial charge in [0, 0.05) is 34.7 Å². The number of hydrogen-bond acceptors (Lipinski definition) is 4. The van der Waals surface area contributed by atoms with Gasteiger partial charge in [0.05, 0.1) is 5.75 Å². The Labute approximate surface area is 162 Å². The Hall–Kier alpha value is -2.28. The van der Waals surface area contributed by atoms with Gasteiger partial charge < -0.3 is 10.3 Å². The molecule has 27 heavy (non-hydrogen) atoms. The second-order valence-electron chi connectivity index (χ2n) is 7.64. The number of fused-ring (bicyclic) bond motifs is 1. The van der Waals surface area contributed by atoms with Crippen molar-refractivity contribution >= 4 is 28.6 Å². The van der Waals surface area contributed by atoms with E-state index in [1.165, 1.54) is 24.6 Å². The maximum atomic E-state index is 12.3. The molecule has 0 radical (unpaired) electrons. The molecule has 2 saturated carbocycles. The summed E-state index contributed by atoms with van der Waals surface area (Å²) in [5.41, 5.74) is 2.17. The molecule has 1 aromatic carbocycles. The van der Waals surface area contributed by atoms with Gasteiger partial charge in [-0.1, -0.05) is 30.0 Å². The third-order valence-electron chi connectivity index (χ3n) is 5.46. The normalized spacial score (nSPS) is 18.0. The number of aromatic amines is 1. The fraction of sp³-hybridized carbons (Fsp3) is 0.450. The highest BCUT2D eigenvalue weighted by atomic mass is 32.2. The van der Waals surface area contributed by atoms with Gasteiger partial charge >= 0.3 is 0 Å². The van der Waals surface area contributed by atoms with Crippen LogP contribution in [0.15, 0.2) is 35.6 Å². The second kappa shape index (κ2) is 6.71. The second-order valence-corrected chi connectivity index (χ2v) is 8.58. The topological polar surface area (TPSA) is 75.6 Å². The first kappa shape index (κ1) is 16.9. The summed E-state index contributed by atoms with van der Waals surface area (Å²) in [6, 6.07) is 8.96. The number of amides is 1. The molecule has 5 rings (SSSR count). The number of carbonyl (C=O) groups is 1. The van der Waals surface area contributed by atoms with Gasteiger partial charge in [-0.25, -0.2) is 0 Å². The molecule has 2 aliphatic rings. The lowest BCUT2D eigenvalue weighted by molar-refractivity contribution is -0.119. The number of rotatable bonds is 7. The lowest BCUT2D eigenvalue weighted by Crippen LogP contribution is -2.35. The Balaban J connectivity index is 1.37. The quantitative estimate of drug-likeness (QED) is 0.611. The minimum absolute atomic E-state index is 0.0818. The summed E-state index contributed by atoms with van der Waals surface area (Å²) in [5.74, 6) is 2.03. The van der Waals surface area contributed by atoms with E-state index >= 15 is 0 Å². The molecule has 1 amide bonds. The molecule has 0 bridgehead atoms. The molecule has 0 spiro atoms. The summed E-state index contributed by atoms with van der Waals surface area (Å²) >= 11 is 1.49. The summed E-state index contributed by atoms with van der Waals surface area (Å²) in [6.07, 6.45) is 6.76. The first-order chi connectivity index (χ1) is 13.2. The van der Waals surface area contributed by atoms with E-state index in [1.54, 1.807) is 0 Å². The van der Waals surface area contributed by atoms with Gasteiger partial charge in [-0.2, -0.15) is 0 Å². The molecular formula is C20H23N5OS.